The van der Waals surface area contributed by atoms with Crippen molar-refractivity contribution in [2.24, 2.45) is 11.8 Å². The molecule has 96 valence electrons. The number of aryl methyl sites for hydroxylation is 1. The molecule has 0 amide bonds. The Balaban J connectivity index is 2.15. The molecule has 0 aliphatic heterocycles. The highest BCUT2D eigenvalue weighted by Crippen LogP contribution is 2.39. The number of hydrogen-bond donors (Lipinski definition) is 1. The third-order valence-electron chi connectivity index (χ3n) is 4.12. The van der Waals surface area contributed by atoms with Gasteiger partial charge in [-0.25, -0.2) is 4.98 Å². The van der Waals surface area contributed by atoms with Crippen LogP contribution in [0, 0.1) is 11.8 Å². The molecule has 1 saturated carbocycles. The monoisotopic (exact) mass is 235 g/mol. The summed E-state index contributed by atoms with van der Waals surface area (Å²) in [7, 11) is 0. The van der Waals surface area contributed by atoms with Gasteiger partial charge in [0.2, 0.25) is 0 Å². The Labute approximate surface area is 105 Å². The second-order valence-electron chi connectivity index (χ2n) is 5.24. The van der Waals surface area contributed by atoms with Gasteiger partial charge in [-0.2, -0.15) is 0 Å². The average Bonchev–Trinajstić information content (AvgIpc) is 2.95. The molecular formula is C14H25N3. The molecule has 17 heavy (non-hydrogen) atoms. The number of nitrogens with one attached hydrogen (secondary N) is 1. The topological polar surface area (TPSA) is 29.9 Å². The highest BCUT2D eigenvalue weighted by molar-refractivity contribution is 5.07. The minimum absolute atomic E-state index is 0.449. The van der Waals surface area contributed by atoms with Crippen LogP contribution in [0.1, 0.15) is 51.8 Å². The molecule has 0 radical (unpaired) electrons. The summed E-state index contributed by atoms with van der Waals surface area (Å²) in [6, 6.07) is 0.449. The van der Waals surface area contributed by atoms with Gasteiger partial charge in [-0.05, 0) is 31.7 Å². The summed E-state index contributed by atoms with van der Waals surface area (Å²) in [6.07, 6.45) is 8.26. The van der Waals surface area contributed by atoms with Crippen molar-refractivity contribution in [1.82, 2.24) is 14.9 Å². The third-order valence-corrected chi connectivity index (χ3v) is 4.12. The van der Waals surface area contributed by atoms with Crippen LogP contribution < -0.4 is 5.32 Å². The van der Waals surface area contributed by atoms with Gasteiger partial charge >= 0.3 is 0 Å². The average molecular weight is 235 g/mol. The number of nitrogens with zero attached hydrogens (tertiary/aromatic N) is 2. The van der Waals surface area contributed by atoms with Gasteiger partial charge < -0.3 is 9.88 Å². The Bertz CT molecular complexity index is 345. The summed E-state index contributed by atoms with van der Waals surface area (Å²) < 4.78 is 2.17. The van der Waals surface area contributed by atoms with Crippen molar-refractivity contribution in [3.05, 3.63) is 18.2 Å². The molecular weight excluding hydrogens is 210 g/mol. The molecule has 3 nitrogen and oxygen atoms in total. The van der Waals surface area contributed by atoms with Gasteiger partial charge in [-0.3, -0.25) is 0 Å². The van der Waals surface area contributed by atoms with Crippen molar-refractivity contribution >= 4 is 0 Å². The first-order chi connectivity index (χ1) is 8.26. The molecule has 0 bridgehead atoms. The van der Waals surface area contributed by atoms with Crippen LogP contribution >= 0.6 is 0 Å². The Hall–Kier alpha value is -0.830. The van der Waals surface area contributed by atoms with E-state index in [2.05, 4.69) is 41.8 Å². The summed E-state index contributed by atoms with van der Waals surface area (Å²) in [5.74, 6) is 1.58. The Morgan fingerprint density at radius 3 is 2.82 bits per heavy atom. The molecule has 1 aromatic heterocycles. The second kappa shape index (κ2) is 5.67. The summed E-state index contributed by atoms with van der Waals surface area (Å²) in [6.45, 7) is 8.76. The lowest BCUT2D eigenvalue weighted by Gasteiger charge is -2.26. The summed E-state index contributed by atoms with van der Waals surface area (Å²) >= 11 is 0. The largest absolute Gasteiger partial charge is 0.337 e. The SMILES string of the molecule is CCNC(c1cn(CC)cn1)C1CCCC1C. The first kappa shape index (κ1) is 12.6. The Morgan fingerprint density at radius 1 is 1.47 bits per heavy atom. The van der Waals surface area contributed by atoms with Gasteiger partial charge in [-0.15, -0.1) is 0 Å². The number of aromatic nitrogens is 2. The van der Waals surface area contributed by atoms with E-state index < -0.39 is 0 Å². The molecule has 3 heteroatoms. The lowest BCUT2D eigenvalue weighted by atomic mass is 9.88. The fraction of sp³-hybridized carbons (Fsp3) is 0.786. The first-order valence-electron chi connectivity index (χ1n) is 7.01. The maximum atomic E-state index is 4.59. The normalized spacial score (nSPS) is 26.3. The molecule has 1 heterocycles. The van der Waals surface area contributed by atoms with Crippen LogP contribution in [0.5, 0.6) is 0 Å². The van der Waals surface area contributed by atoms with Gasteiger partial charge in [-0.1, -0.05) is 26.7 Å². The van der Waals surface area contributed by atoms with Crippen LogP contribution in [0.3, 0.4) is 0 Å². The zero-order valence-corrected chi connectivity index (χ0v) is 11.3. The van der Waals surface area contributed by atoms with E-state index in [1.54, 1.807) is 0 Å². The number of hydrogen-bond acceptors (Lipinski definition) is 2. The Morgan fingerprint density at radius 2 is 2.29 bits per heavy atom. The molecule has 1 aliphatic rings. The van der Waals surface area contributed by atoms with Crippen molar-refractivity contribution in [3.8, 4) is 0 Å². The van der Waals surface area contributed by atoms with Crippen molar-refractivity contribution in [2.75, 3.05) is 6.54 Å². The van der Waals surface area contributed by atoms with Crippen molar-refractivity contribution in [2.45, 2.75) is 52.6 Å². The summed E-state index contributed by atoms with van der Waals surface area (Å²) in [5.41, 5.74) is 1.23. The fourth-order valence-electron chi connectivity index (χ4n) is 3.08. The molecule has 1 fully saturated rings. The quantitative estimate of drug-likeness (QED) is 0.850. The van der Waals surface area contributed by atoms with Gasteiger partial charge in [0.05, 0.1) is 18.1 Å². The number of rotatable bonds is 5. The predicted molar refractivity (Wildman–Crippen MR) is 70.8 cm³/mol. The minimum Gasteiger partial charge on any atom is -0.337 e. The smallest absolute Gasteiger partial charge is 0.0950 e. The van der Waals surface area contributed by atoms with Crippen LogP contribution in [-0.2, 0) is 6.54 Å². The molecule has 1 aliphatic carbocycles. The second-order valence-corrected chi connectivity index (χ2v) is 5.24. The standard InChI is InChI=1S/C14H25N3/c1-4-15-14(12-8-6-7-11(12)3)13-9-17(5-2)10-16-13/h9-12,14-15H,4-8H2,1-3H3. The van der Waals surface area contributed by atoms with E-state index in [9.17, 15) is 0 Å². The van der Waals surface area contributed by atoms with Crippen molar-refractivity contribution < 1.29 is 0 Å². The fourth-order valence-corrected chi connectivity index (χ4v) is 3.08. The van der Waals surface area contributed by atoms with E-state index in [0.29, 0.717) is 6.04 Å². The predicted octanol–water partition coefficient (Wildman–Crippen LogP) is 2.99. The molecule has 0 saturated heterocycles. The van der Waals surface area contributed by atoms with Gasteiger partial charge in [0.1, 0.15) is 0 Å². The van der Waals surface area contributed by atoms with Crippen LogP contribution in [-0.4, -0.2) is 16.1 Å². The highest BCUT2D eigenvalue weighted by Gasteiger charge is 2.32. The van der Waals surface area contributed by atoms with E-state index in [0.717, 1.165) is 24.9 Å². The first-order valence-corrected chi connectivity index (χ1v) is 7.01. The molecule has 2 rings (SSSR count). The maximum absolute atomic E-state index is 4.59. The van der Waals surface area contributed by atoms with E-state index in [1.165, 1.54) is 25.0 Å². The van der Waals surface area contributed by atoms with Gasteiger partial charge in [0.25, 0.3) is 0 Å². The zero-order chi connectivity index (χ0) is 12.3. The van der Waals surface area contributed by atoms with Crippen molar-refractivity contribution in [3.63, 3.8) is 0 Å². The van der Waals surface area contributed by atoms with Gasteiger partial charge in [0.15, 0.2) is 0 Å². The maximum Gasteiger partial charge on any atom is 0.0950 e. The lowest BCUT2D eigenvalue weighted by Crippen LogP contribution is -2.30. The van der Waals surface area contributed by atoms with Crippen LogP contribution in [0.4, 0.5) is 0 Å². The minimum atomic E-state index is 0.449. The van der Waals surface area contributed by atoms with E-state index in [-0.39, 0.29) is 0 Å². The van der Waals surface area contributed by atoms with Crippen molar-refractivity contribution in [1.29, 1.82) is 0 Å². The number of imidazole rings is 1. The highest BCUT2D eigenvalue weighted by atomic mass is 15.1. The van der Waals surface area contributed by atoms with Crippen LogP contribution in [0.15, 0.2) is 12.5 Å². The molecule has 3 unspecified atom stereocenters. The lowest BCUT2D eigenvalue weighted by molar-refractivity contribution is 0.301. The summed E-state index contributed by atoms with van der Waals surface area (Å²) in [5, 5.41) is 3.63. The van der Waals surface area contributed by atoms with Crippen LogP contribution in [0.2, 0.25) is 0 Å². The van der Waals surface area contributed by atoms with E-state index >= 15 is 0 Å². The zero-order valence-electron chi connectivity index (χ0n) is 11.3. The van der Waals surface area contributed by atoms with Crippen LogP contribution in [0.25, 0.3) is 0 Å². The molecule has 1 aromatic rings. The third kappa shape index (κ3) is 2.71. The molecule has 0 spiro atoms. The van der Waals surface area contributed by atoms with E-state index in [4.69, 9.17) is 0 Å². The van der Waals surface area contributed by atoms with Gasteiger partial charge in [0, 0.05) is 12.7 Å². The Kier molecular flexibility index (Phi) is 4.21. The van der Waals surface area contributed by atoms with E-state index in [1.807, 2.05) is 6.33 Å². The summed E-state index contributed by atoms with van der Waals surface area (Å²) in [4.78, 5) is 4.59. The molecule has 1 N–H and O–H groups in total. The molecule has 3 atom stereocenters. The molecule has 0 aromatic carbocycles.